The fourth-order valence-electron chi connectivity index (χ4n) is 5.06. The maximum Gasteiger partial charge on any atom is 0.274 e. The summed E-state index contributed by atoms with van der Waals surface area (Å²) < 4.78 is 0. The van der Waals surface area contributed by atoms with E-state index >= 15 is 0 Å². The number of hydrogen-bond acceptors (Lipinski definition) is 3. The van der Waals surface area contributed by atoms with E-state index < -0.39 is 5.91 Å². The predicted molar refractivity (Wildman–Crippen MR) is 114 cm³/mol. The molecule has 5 rings (SSSR count). The minimum atomic E-state index is -0.503. The molecule has 0 unspecified atom stereocenters. The highest BCUT2D eigenvalue weighted by atomic mass is 16.5. The molecule has 1 heterocycles. The molecule has 5 heteroatoms. The van der Waals surface area contributed by atoms with Gasteiger partial charge in [-0.2, -0.15) is 0 Å². The molecule has 0 saturated carbocycles. The van der Waals surface area contributed by atoms with Gasteiger partial charge in [0.2, 0.25) is 5.91 Å². The van der Waals surface area contributed by atoms with E-state index in [1.165, 1.54) is 10.8 Å². The quantitative estimate of drug-likeness (QED) is 0.518. The topological polar surface area (TPSA) is 69.6 Å². The van der Waals surface area contributed by atoms with Gasteiger partial charge >= 0.3 is 0 Å². The second kappa shape index (κ2) is 7.26. The molecule has 152 valence electrons. The van der Waals surface area contributed by atoms with Crippen molar-refractivity contribution in [1.82, 2.24) is 10.4 Å². The predicted octanol–water partition coefficient (Wildman–Crippen LogP) is 3.87. The van der Waals surface area contributed by atoms with Gasteiger partial charge in [0, 0.05) is 18.7 Å². The molecule has 1 saturated heterocycles. The van der Waals surface area contributed by atoms with Crippen molar-refractivity contribution in [1.29, 1.82) is 0 Å². The Balaban J connectivity index is 1.34. The van der Waals surface area contributed by atoms with Crippen LogP contribution in [0.3, 0.4) is 0 Å². The van der Waals surface area contributed by atoms with E-state index in [0.717, 1.165) is 48.9 Å². The second-order valence-corrected chi connectivity index (χ2v) is 8.54. The summed E-state index contributed by atoms with van der Waals surface area (Å²) in [5.74, 6) is -0.255. The van der Waals surface area contributed by atoms with Crippen LogP contribution >= 0.6 is 0 Å². The third-order valence-electron chi connectivity index (χ3n) is 6.76. The fourth-order valence-corrected chi connectivity index (χ4v) is 5.06. The third kappa shape index (κ3) is 3.15. The number of hydroxylamine groups is 1. The summed E-state index contributed by atoms with van der Waals surface area (Å²) in [6.45, 7) is 1.43. The minimum absolute atomic E-state index is 0.249. The number of amides is 2. The molecule has 2 N–H and O–H groups in total. The number of aryl methyl sites for hydroxylation is 1. The van der Waals surface area contributed by atoms with Gasteiger partial charge in [-0.05, 0) is 71.3 Å². The van der Waals surface area contributed by atoms with Crippen molar-refractivity contribution in [2.24, 2.45) is 5.41 Å². The summed E-state index contributed by atoms with van der Waals surface area (Å²) in [4.78, 5) is 27.1. The Labute approximate surface area is 175 Å². The first-order chi connectivity index (χ1) is 14.6. The van der Waals surface area contributed by atoms with Crippen LogP contribution in [0.1, 0.15) is 39.9 Å². The number of hydrogen-bond donors (Lipinski definition) is 2. The highest BCUT2D eigenvalue weighted by Gasteiger charge is 2.47. The molecule has 1 aliphatic carbocycles. The van der Waals surface area contributed by atoms with Gasteiger partial charge in [0.15, 0.2) is 0 Å². The van der Waals surface area contributed by atoms with Crippen molar-refractivity contribution in [2.75, 3.05) is 6.54 Å². The lowest BCUT2D eigenvalue weighted by atomic mass is 9.70. The van der Waals surface area contributed by atoms with E-state index in [2.05, 4.69) is 30.3 Å². The number of carbonyl (C=O) groups excluding carboxylic acids is 2. The molecule has 0 bridgehead atoms. The third-order valence-corrected chi connectivity index (χ3v) is 6.76. The number of rotatable bonds is 3. The standard InChI is InChI=1S/C25H24N2O3/c28-23(26-30)21-7-8-22-15-25(10-9-20(22)14-21)11-12-27(24(25)29)16-17-5-6-18-3-1-2-4-19(18)13-17/h1-8,13-14,30H,9-12,15-16H2,(H,26,28)/t25-/m1/s1. The van der Waals surface area contributed by atoms with Crippen LogP contribution in [0.2, 0.25) is 0 Å². The number of carbonyl (C=O) groups is 2. The first kappa shape index (κ1) is 18.8. The van der Waals surface area contributed by atoms with Gasteiger partial charge < -0.3 is 4.90 Å². The van der Waals surface area contributed by atoms with Crippen LogP contribution in [0.15, 0.2) is 60.7 Å². The summed E-state index contributed by atoms with van der Waals surface area (Å²) >= 11 is 0. The molecule has 0 radical (unpaired) electrons. The van der Waals surface area contributed by atoms with E-state index in [9.17, 15) is 9.59 Å². The van der Waals surface area contributed by atoms with E-state index in [1.54, 1.807) is 11.5 Å². The second-order valence-electron chi connectivity index (χ2n) is 8.54. The van der Waals surface area contributed by atoms with E-state index in [4.69, 9.17) is 5.21 Å². The molecular weight excluding hydrogens is 376 g/mol. The molecule has 1 fully saturated rings. The van der Waals surface area contributed by atoms with Gasteiger partial charge in [0.1, 0.15) is 0 Å². The molecule has 1 spiro atoms. The van der Waals surface area contributed by atoms with Gasteiger partial charge in [-0.3, -0.25) is 14.8 Å². The highest BCUT2D eigenvalue weighted by molar-refractivity contribution is 5.93. The van der Waals surface area contributed by atoms with Crippen LogP contribution in [0.4, 0.5) is 0 Å². The molecule has 3 aromatic rings. The van der Waals surface area contributed by atoms with Gasteiger partial charge in [-0.1, -0.05) is 42.5 Å². The van der Waals surface area contributed by atoms with Crippen molar-refractivity contribution in [3.05, 3.63) is 82.9 Å². The summed E-state index contributed by atoms with van der Waals surface area (Å²) in [5.41, 5.74) is 5.20. The Kier molecular flexibility index (Phi) is 4.55. The zero-order valence-corrected chi connectivity index (χ0v) is 16.7. The summed E-state index contributed by atoms with van der Waals surface area (Å²) in [7, 11) is 0. The van der Waals surface area contributed by atoms with Crippen molar-refractivity contribution in [3.63, 3.8) is 0 Å². The lowest BCUT2D eigenvalue weighted by Crippen LogP contribution is -2.38. The average molecular weight is 400 g/mol. The highest BCUT2D eigenvalue weighted by Crippen LogP contribution is 2.44. The van der Waals surface area contributed by atoms with Crippen LogP contribution < -0.4 is 5.48 Å². The fraction of sp³-hybridized carbons (Fsp3) is 0.280. The molecule has 2 aliphatic rings. The molecule has 2 amide bonds. The molecular formula is C25H24N2O3. The number of likely N-dealkylation sites (tertiary alicyclic amines) is 1. The van der Waals surface area contributed by atoms with Crippen LogP contribution in [0.25, 0.3) is 10.8 Å². The van der Waals surface area contributed by atoms with E-state index in [-0.39, 0.29) is 11.3 Å². The van der Waals surface area contributed by atoms with Crippen molar-refractivity contribution in [2.45, 2.75) is 32.2 Å². The SMILES string of the molecule is O=C(NO)c1ccc2c(c1)CC[C@@]1(CCN(Cc3ccc4ccccc4c3)C1=O)C2. The monoisotopic (exact) mass is 400 g/mol. The molecule has 3 aromatic carbocycles. The molecule has 30 heavy (non-hydrogen) atoms. The zero-order valence-electron chi connectivity index (χ0n) is 16.7. The lowest BCUT2D eigenvalue weighted by Gasteiger charge is -2.33. The Morgan fingerprint density at radius 2 is 1.83 bits per heavy atom. The number of nitrogens with one attached hydrogen (secondary N) is 1. The number of benzene rings is 3. The summed E-state index contributed by atoms with van der Waals surface area (Å²) in [6.07, 6.45) is 3.17. The van der Waals surface area contributed by atoms with Crippen molar-refractivity contribution < 1.29 is 14.8 Å². The lowest BCUT2D eigenvalue weighted by molar-refractivity contribution is -0.137. The van der Waals surface area contributed by atoms with Gasteiger partial charge in [0.05, 0.1) is 5.41 Å². The maximum absolute atomic E-state index is 13.4. The van der Waals surface area contributed by atoms with Gasteiger partial charge in [-0.25, -0.2) is 5.48 Å². The largest absolute Gasteiger partial charge is 0.338 e. The molecule has 1 atom stereocenters. The average Bonchev–Trinajstić information content (AvgIpc) is 3.07. The molecule has 1 aliphatic heterocycles. The summed E-state index contributed by atoms with van der Waals surface area (Å²) in [6, 6.07) is 20.2. The van der Waals surface area contributed by atoms with Crippen LogP contribution in [0.5, 0.6) is 0 Å². The van der Waals surface area contributed by atoms with Crippen LogP contribution in [-0.2, 0) is 24.2 Å². The number of nitrogens with zero attached hydrogens (tertiary/aromatic N) is 1. The smallest absolute Gasteiger partial charge is 0.274 e. The van der Waals surface area contributed by atoms with Gasteiger partial charge in [0.25, 0.3) is 5.91 Å². The van der Waals surface area contributed by atoms with Crippen molar-refractivity contribution >= 4 is 22.6 Å². The van der Waals surface area contributed by atoms with E-state index in [1.807, 2.05) is 29.2 Å². The molecule has 5 nitrogen and oxygen atoms in total. The maximum atomic E-state index is 13.4. The normalized spacial score (nSPS) is 20.6. The van der Waals surface area contributed by atoms with Crippen LogP contribution in [0, 0.1) is 5.41 Å². The Bertz CT molecular complexity index is 1160. The van der Waals surface area contributed by atoms with E-state index in [0.29, 0.717) is 12.1 Å². The molecule has 0 aromatic heterocycles. The van der Waals surface area contributed by atoms with Crippen molar-refractivity contribution in [3.8, 4) is 0 Å². The first-order valence-electron chi connectivity index (χ1n) is 10.4. The number of fused-ring (bicyclic) bond motifs is 2. The summed E-state index contributed by atoms with van der Waals surface area (Å²) in [5, 5.41) is 11.3. The Morgan fingerprint density at radius 3 is 2.67 bits per heavy atom. The zero-order chi connectivity index (χ0) is 20.7. The van der Waals surface area contributed by atoms with Gasteiger partial charge in [-0.15, -0.1) is 0 Å². The minimum Gasteiger partial charge on any atom is -0.338 e. The van der Waals surface area contributed by atoms with Crippen LogP contribution in [-0.4, -0.2) is 28.5 Å². The Hall–Kier alpha value is -3.18. The first-order valence-corrected chi connectivity index (χ1v) is 10.4. The Morgan fingerprint density at radius 1 is 1.00 bits per heavy atom.